The smallest absolute Gasteiger partial charge is 0.252 e. The van der Waals surface area contributed by atoms with Gasteiger partial charge in [0, 0.05) is 77.9 Å². The highest BCUT2D eigenvalue weighted by Gasteiger charge is 2.48. The Bertz CT molecular complexity index is 7660. The molecule has 2 aromatic heterocycles. The number of anilines is 6. The van der Waals surface area contributed by atoms with Crippen LogP contribution in [-0.2, 0) is 48.7 Å². The third-order valence-electron chi connectivity index (χ3n) is 30.9. The fourth-order valence-corrected chi connectivity index (χ4v) is 24.0. The Morgan fingerprint density at radius 3 is 0.674 bits per heavy atom. The maximum Gasteiger partial charge on any atom is 0.252 e. The average Bonchev–Trinajstić information content (AvgIpc) is 1.55. The van der Waals surface area contributed by atoms with Crippen molar-refractivity contribution in [2.45, 2.75) is 236 Å². The van der Waals surface area contributed by atoms with E-state index in [0.29, 0.717) is 0 Å². The van der Waals surface area contributed by atoms with Crippen LogP contribution in [0.5, 0.6) is 0 Å². The van der Waals surface area contributed by atoms with Crippen molar-refractivity contribution < 1.29 is 0 Å². The first-order chi connectivity index (χ1) is 63.7. The van der Waals surface area contributed by atoms with Gasteiger partial charge in [-0.3, -0.25) is 0 Å². The van der Waals surface area contributed by atoms with Gasteiger partial charge in [-0.25, -0.2) is 0 Å². The summed E-state index contributed by atoms with van der Waals surface area (Å²) in [7, 11) is 0. The summed E-state index contributed by atoms with van der Waals surface area (Å²) in [6, 6.07) is 113. The van der Waals surface area contributed by atoms with E-state index in [4.69, 9.17) is 0 Å². The largest absolute Gasteiger partial charge is 0.310 e. The van der Waals surface area contributed by atoms with Gasteiger partial charge in [-0.1, -0.05) is 405 Å². The number of fused-ring (bicyclic) bond motifs is 6. The highest BCUT2D eigenvalue weighted by molar-refractivity contribution is 7.00. The standard InChI is InChI=1S/C130H127BN4/c1-122(2,3)78-42-28-38-74(62-78)85-46-32-47-86(75-39-29-43-79(63-75)123(4,5)6)120(85)134-103-68-83(132-105-70-97(127(16,17)18)93-54-34-50-89-90-51-35-55-94-98(128(19,20)21)71-106(132)116(112(90)94)115(105)111(89)93)58-60-101(103)131-102-61-59-84(133-107-72-99(129(22,23)24)95-56-36-52-91-92-53-37-57-96-100(130(25,26)27)73-108(133)118(114(92)96)117(107)113(91)95)69-104(102)135(110-67-82(126(13,14)15)66-109(134)119(110)131)121-87(76-40-30-44-80(64-76)124(7,8)9)48-33-49-88(121)77-41-31-45-81(65-77)125(10,11)12/h28-73H,1-27H3. The molecule has 670 valence electrons. The Balaban J connectivity index is 0.925. The number of para-hydroxylation sites is 2. The van der Waals surface area contributed by atoms with E-state index >= 15 is 0 Å². The first-order valence-electron chi connectivity index (χ1n) is 49.5. The number of benzene rings is 19. The summed E-state index contributed by atoms with van der Waals surface area (Å²) in [5, 5.41) is 21.3. The van der Waals surface area contributed by atoms with Crippen LogP contribution in [0.25, 0.3) is 164 Å². The Labute approximate surface area is 799 Å². The van der Waals surface area contributed by atoms with E-state index in [-0.39, 0.29) is 50.0 Å². The third kappa shape index (κ3) is 13.0. The third-order valence-corrected chi connectivity index (χ3v) is 30.9. The molecule has 19 aromatic carbocycles. The topological polar surface area (TPSA) is 16.3 Å². The molecule has 0 bridgehead atoms. The van der Waals surface area contributed by atoms with Gasteiger partial charge in [0.05, 0.1) is 33.4 Å². The molecule has 21 aromatic rings. The van der Waals surface area contributed by atoms with Gasteiger partial charge in [0.25, 0.3) is 6.71 Å². The summed E-state index contributed by atoms with van der Waals surface area (Å²) in [5.41, 5.74) is 37.1. The SMILES string of the molecule is CC(C)(C)c1cccc(-c2cccc(-c3cccc(C(C)(C)C)c3)c2N2c3cc(-n4c5cc(C(C)(C)C)c6cccc7c8cccc9c(C(C)(C)C)cc4c(c98)c5c67)ccc3B3c4ccc(-n5c6cc(C(C)(C)C)c7cccc8c9cccc%10c(C(C)(C)C)cc5c(c%109)c6c78)cc4N(c4c(-c5cccc(C(C)(C)C)c5)cccc4-c4cccc(C(C)(C)C)c4)c4cc(C(C)(C)C)cc2c43)c1. The van der Waals surface area contributed by atoms with Crippen LogP contribution in [0.15, 0.2) is 279 Å². The van der Waals surface area contributed by atoms with Crippen molar-refractivity contribution in [3.63, 3.8) is 0 Å². The minimum Gasteiger partial charge on any atom is -0.310 e. The fourth-order valence-electron chi connectivity index (χ4n) is 24.0. The molecule has 0 N–H and O–H groups in total. The number of nitrogens with zero attached hydrogens (tertiary/aromatic N) is 4. The van der Waals surface area contributed by atoms with E-state index in [1.165, 1.54) is 197 Å². The van der Waals surface area contributed by atoms with Crippen molar-refractivity contribution in [1.29, 1.82) is 0 Å². The molecule has 2 aliphatic rings. The number of hydrogen-bond acceptors (Lipinski definition) is 2. The zero-order chi connectivity index (χ0) is 94.6. The lowest BCUT2D eigenvalue weighted by Gasteiger charge is -2.46. The second kappa shape index (κ2) is 28.8. The van der Waals surface area contributed by atoms with Gasteiger partial charge in [-0.2, -0.15) is 0 Å². The first kappa shape index (κ1) is 86.2. The molecule has 0 fully saturated rings. The molecule has 5 heteroatoms. The van der Waals surface area contributed by atoms with E-state index in [1.807, 2.05) is 0 Å². The molecule has 0 spiro atoms. The lowest BCUT2D eigenvalue weighted by Crippen LogP contribution is -2.61. The van der Waals surface area contributed by atoms with E-state index in [1.54, 1.807) is 0 Å². The number of hydrogen-bond donors (Lipinski definition) is 0. The van der Waals surface area contributed by atoms with Gasteiger partial charge in [0.1, 0.15) is 0 Å². The van der Waals surface area contributed by atoms with Crippen molar-refractivity contribution in [3.8, 4) is 55.9 Å². The van der Waals surface area contributed by atoms with Crippen molar-refractivity contribution in [2.75, 3.05) is 9.80 Å². The Morgan fingerprint density at radius 2 is 0.430 bits per heavy atom. The van der Waals surface area contributed by atoms with Crippen LogP contribution in [0.4, 0.5) is 34.1 Å². The van der Waals surface area contributed by atoms with Gasteiger partial charge in [0.2, 0.25) is 0 Å². The second-order valence-electron chi connectivity index (χ2n) is 49.4. The summed E-state index contributed by atoms with van der Waals surface area (Å²) in [6.45, 7) is 64.4. The quantitative estimate of drug-likeness (QED) is 0.0856. The van der Waals surface area contributed by atoms with Gasteiger partial charge >= 0.3 is 0 Å². The minimum atomic E-state index is -0.403. The Morgan fingerprint density at radius 1 is 0.193 bits per heavy atom. The van der Waals surface area contributed by atoms with Gasteiger partial charge in [-0.05, 0) is 263 Å². The molecule has 0 saturated carbocycles. The summed E-state index contributed by atoms with van der Waals surface area (Å²) < 4.78 is 5.46. The van der Waals surface area contributed by atoms with E-state index < -0.39 is 5.41 Å². The molecular weight excluding hydrogens is 1630 g/mol. The molecule has 4 heterocycles. The molecule has 23 rings (SSSR count). The maximum absolute atomic E-state index is 2.83. The monoisotopic (exact) mass is 1760 g/mol. The molecule has 0 aliphatic carbocycles. The molecule has 0 unspecified atom stereocenters. The molecule has 0 radical (unpaired) electrons. The van der Waals surface area contributed by atoms with Crippen LogP contribution in [0.2, 0.25) is 0 Å². The second-order valence-corrected chi connectivity index (χ2v) is 49.4. The molecular formula is C130H127BN4. The fraction of sp³-hybridized carbons (Fsp3) is 0.277. The predicted octanol–water partition coefficient (Wildman–Crippen LogP) is 35.0. The Hall–Kier alpha value is -13.0. The predicted molar refractivity (Wildman–Crippen MR) is 589 cm³/mol. The zero-order valence-electron chi connectivity index (χ0n) is 84.4. The molecule has 2 aliphatic heterocycles. The number of aromatic nitrogens is 2. The molecule has 4 nitrogen and oxygen atoms in total. The van der Waals surface area contributed by atoms with Crippen LogP contribution in [0, 0.1) is 0 Å². The van der Waals surface area contributed by atoms with Crippen LogP contribution in [0.3, 0.4) is 0 Å². The van der Waals surface area contributed by atoms with Gasteiger partial charge < -0.3 is 18.9 Å². The molecule has 0 amide bonds. The number of rotatable bonds is 8. The average molecular weight is 1760 g/mol. The summed E-state index contributed by atoms with van der Waals surface area (Å²) >= 11 is 0. The van der Waals surface area contributed by atoms with Crippen LogP contribution in [-0.4, -0.2) is 15.8 Å². The lowest BCUT2D eigenvalue weighted by molar-refractivity contribution is 0.590. The zero-order valence-corrected chi connectivity index (χ0v) is 84.4. The molecule has 135 heavy (non-hydrogen) atoms. The van der Waals surface area contributed by atoms with Crippen LogP contribution >= 0.6 is 0 Å². The molecule has 0 saturated heterocycles. The van der Waals surface area contributed by atoms with E-state index in [0.717, 1.165) is 67.8 Å². The van der Waals surface area contributed by atoms with Crippen molar-refractivity contribution in [1.82, 2.24) is 9.13 Å². The summed E-state index contributed by atoms with van der Waals surface area (Å²) in [5.74, 6) is 0. The lowest BCUT2D eigenvalue weighted by atomic mass is 9.33. The van der Waals surface area contributed by atoms with E-state index in [9.17, 15) is 0 Å². The Kier molecular flexibility index (Phi) is 18.4. The first-order valence-corrected chi connectivity index (χ1v) is 49.5. The summed E-state index contributed by atoms with van der Waals surface area (Å²) in [6.07, 6.45) is 0. The minimum absolute atomic E-state index is 0.151. The molecule has 0 atom stereocenters. The van der Waals surface area contributed by atoms with Gasteiger partial charge in [-0.15, -0.1) is 0 Å². The van der Waals surface area contributed by atoms with Crippen LogP contribution in [0.1, 0.15) is 237 Å². The van der Waals surface area contributed by atoms with Crippen LogP contribution < -0.4 is 26.2 Å². The highest BCUT2D eigenvalue weighted by Crippen LogP contribution is 2.60. The van der Waals surface area contributed by atoms with Crippen molar-refractivity contribution in [3.05, 3.63) is 329 Å². The normalized spacial score (nSPS) is 14.0. The van der Waals surface area contributed by atoms with Gasteiger partial charge in [0.15, 0.2) is 0 Å². The van der Waals surface area contributed by atoms with Crippen molar-refractivity contribution in [2.24, 2.45) is 0 Å². The maximum atomic E-state index is 2.83. The summed E-state index contributed by atoms with van der Waals surface area (Å²) in [4.78, 5) is 5.66. The van der Waals surface area contributed by atoms with Crippen molar-refractivity contribution >= 4 is 165 Å². The van der Waals surface area contributed by atoms with E-state index in [2.05, 4.69) is 485 Å². The highest BCUT2D eigenvalue weighted by atomic mass is 15.2.